The Kier molecular flexibility index (Phi) is 5.72. The van der Waals surface area contributed by atoms with Crippen molar-refractivity contribution in [3.63, 3.8) is 0 Å². The maximum absolute atomic E-state index is 6.12. The number of benzene rings is 5. The summed E-state index contributed by atoms with van der Waals surface area (Å²) in [4.78, 5) is 19.5. The van der Waals surface area contributed by atoms with Gasteiger partial charge in [-0.1, -0.05) is 109 Å². The minimum atomic E-state index is 0.546. The highest BCUT2D eigenvalue weighted by Gasteiger charge is 2.17. The topological polar surface area (TPSA) is 64.7 Å². The fourth-order valence-corrected chi connectivity index (χ4v) is 4.62. The molecule has 0 amide bonds. The van der Waals surface area contributed by atoms with E-state index in [2.05, 4.69) is 36.4 Å². The summed E-state index contributed by atoms with van der Waals surface area (Å²) in [6.07, 6.45) is 0. The summed E-state index contributed by atoms with van der Waals surface area (Å²) in [5.74, 6) is 2.31. The first-order chi connectivity index (χ1) is 19.3. The average Bonchev–Trinajstić information content (AvgIpc) is 3.47. The Morgan fingerprint density at radius 1 is 0.359 bits per heavy atom. The van der Waals surface area contributed by atoms with E-state index in [1.807, 2.05) is 97.1 Å². The third-order valence-electron chi connectivity index (χ3n) is 6.60. The van der Waals surface area contributed by atoms with Gasteiger partial charge in [-0.3, -0.25) is 0 Å². The van der Waals surface area contributed by atoms with Crippen molar-refractivity contribution < 1.29 is 4.42 Å². The number of aromatic nitrogens is 4. The minimum absolute atomic E-state index is 0.546. The van der Waals surface area contributed by atoms with Gasteiger partial charge in [-0.2, -0.15) is 0 Å². The highest BCUT2D eigenvalue weighted by Crippen LogP contribution is 2.32. The summed E-state index contributed by atoms with van der Waals surface area (Å²) in [5, 5.41) is 0. The minimum Gasteiger partial charge on any atom is -0.436 e. The molecule has 0 unspecified atom stereocenters. The van der Waals surface area contributed by atoms with Gasteiger partial charge in [-0.05, 0) is 35.4 Å². The van der Waals surface area contributed by atoms with Crippen molar-refractivity contribution in [2.75, 3.05) is 0 Å². The molecule has 0 spiro atoms. The van der Waals surface area contributed by atoms with Gasteiger partial charge in [-0.15, -0.1) is 0 Å². The Labute approximate surface area is 225 Å². The third-order valence-corrected chi connectivity index (χ3v) is 6.60. The molecule has 0 N–H and O–H groups in total. The van der Waals surface area contributed by atoms with E-state index in [0.717, 1.165) is 33.4 Å². The maximum Gasteiger partial charge on any atom is 0.227 e. The molecule has 0 radical (unpaired) electrons. The van der Waals surface area contributed by atoms with Gasteiger partial charge in [0.1, 0.15) is 5.52 Å². The molecule has 5 nitrogen and oxygen atoms in total. The van der Waals surface area contributed by atoms with Crippen molar-refractivity contribution in [3.05, 3.63) is 133 Å². The summed E-state index contributed by atoms with van der Waals surface area (Å²) in [5.41, 5.74) is 7.23. The molecule has 0 fully saturated rings. The van der Waals surface area contributed by atoms with E-state index < -0.39 is 0 Å². The van der Waals surface area contributed by atoms with Gasteiger partial charge >= 0.3 is 0 Å². The first-order valence-electron chi connectivity index (χ1n) is 12.7. The van der Waals surface area contributed by atoms with Gasteiger partial charge in [0.15, 0.2) is 23.1 Å². The van der Waals surface area contributed by atoms with Crippen LogP contribution < -0.4 is 0 Å². The van der Waals surface area contributed by atoms with E-state index in [4.69, 9.17) is 24.4 Å². The number of fused-ring (bicyclic) bond motifs is 1. The molecule has 0 saturated carbocycles. The van der Waals surface area contributed by atoms with E-state index in [9.17, 15) is 0 Å². The lowest BCUT2D eigenvalue weighted by atomic mass is 10.0. The number of nitrogens with zero attached hydrogens (tertiary/aromatic N) is 4. The van der Waals surface area contributed by atoms with Crippen LogP contribution in [0.1, 0.15) is 0 Å². The monoisotopic (exact) mass is 502 g/mol. The van der Waals surface area contributed by atoms with E-state index in [1.54, 1.807) is 0 Å². The van der Waals surface area contributed by atoms with Crippen LogP contribution in [0.15, 0.2) is 138 Å². The van der Waals surface area contributed by atoms with Crippen LogP contribution in [0.2, 0.25) is 0 Å². The first kappa shape index (κ1) is 22.8. The summed E-state index contributed by atoms with van der Waals surface area (Å²) >= 11 is 0. The van der Waals surface area contributed by atoms with Gasteiger partial charge in [-0.25, -0.2) is 19.9 Å². The smallest absolute Gasteiger partial charge is 0.227 e. The Balaban J connectivity index is 1.37. The second-order valence-corrected chi connectivity index (χ2v) is 9.15. The van der Waals surface area contributed by atoms with Crippen LogP contribution in [0.5, 0.6) is 0 Å². The standard InChI is InChI=1S/C34H22N4O/c1-4-11-23(12-5-1)24-19-21-26(22-20-24)32-36-31(25-13-6-2-7-14-25)37-33(38-32)28-17-10-18-29-30(28)35-34(39-29)27-15-8-3-9-16-27/h1-22H. The van der Waals surface area contributed by atoms with Crippen molar-refractivity contribution in [2.45, 2.75) is 0 Å². The van der Waals surface area contributed by atoms with Gasteiger partial charge in [0.05, 0.1) is 0 Å². The van der Waals surface area contributed by atoms with Crippen LogP contribution >= 0.6 is 0 Å². The second-order valence-electron chi connectivity index (χ2n) is 9.15. The number of para-hydroxylation sites is 1. The largest absolute Gasteiger partial charge is 0.436 e. The van der Waals surface area contributed by atoms with Gasteiger partial charge in [0.2, 0.25) is 5.89 Å². The summed E-state index contributed by atoms with van der Waals surface area (Å²) in [7, 11) is 0. The van der Waals surface area contributed by atoms with Crippen LogP contribution in [0.25, 0.3) is 67.8 Å². The molecular formula is C34H22N4O. The van der Waals surface area contributed by atoms with E-state index in [0.29, 0.717) is 34.5 Å². The van der Waals surface area contributed by atoms with Crippen LogP contribution in [0, 0.1) is 0 Å². The van der Waals surface area contributed by atoms with Gasteiger partial charge < -0.3 is 4.42 Å². The summed E-state index contributed by atoms with van der Waals surface area (Å²) < 4.78 is 6.12. The zero-order valence-electron chi connectivity index (χ0n) is 20.9. The molecule has 0 saturated heterocycles. The molecule has 0 aliphatic rings. The molecule has 5 heteroatoms. The fraction of sp³-hybridized carbons (Fsp3) is 0. The van der Waals surface area contributed by atoms with Crippen molar-refractivity contribution >= 4 is 11.1 Å². The van der Waals surface area contributed by atoms with Crippen LogP contribution in [-0.4, -0.2) is 19.9 Å². The molecule has 7 rings (SSSR count). The highest BCUT2D eigenvalue weighted by atomic mass is 16.3. The van der Waals surface area contributed by atoms with Crippen molar-refractivity contribution in [3.8, 4) is 56.7 Å². The molecule has 0 aliphatic heterocycles. The predicted octanol–water partition coefficient (Wildman–Crippen LogP) is 8.35. The lowest BCUT2D eigenvalue weighted by molar-refractivity contribution is 0.620. The Morgan fingerprint density at radius 2 is 0.846 bits per heavy atom. The van der Waals surface area contributed by atoms with Crippen LogP contribution in [0.3, 0.4) is 0 Å². The third kappa shape index (κ3) is 4.47. The number of hydrogen-bond donors (Lipinski definition) is 0. The number of rotatable bonds is 5. The Bertz CT molecular complexity index is 1880. The molecule has 0 atom stereocenters. The molecule has 0 aliphatic carbocycles. The molecule has 5 aromatic carbocycles. The maximum atomic E-state index is 6.12. The first-order valence-corrected chi connectivity index (χ1v) is 12.7. The SMILES string of the molecule is c1ccc(-c2ccc(-c3nc(-c4ccccc4)nc(-c4cccc5oc(-c6ccccc6)nc45)n3)cc2)cc1. The highest BCUT2D eigenvalue weighted by molar-refractivity contribution is 5.90. The predicted molar refractivity (Wildman–Crippen MR) is 155 cm³/mol. The molecule has 0 bridgehead atoms. The van der Waals surface area contributed by atoms with E-state index in [1.165, 1.54) is 0 Å². The second kappa shape index (κ2) is 9.80. The van der Waals surface area contributed by atoms with E-state index >= 15 is 0 Å². The van der Waals surface area contributed by atoms with E-state index in [-0.39, 0.29) is 0 Å². The lowest BCUT2D eigenvalue weighted by Gasteiger charge is -2.09. The molecular weight excluding hydrogens is 480 g/mol. The van der Waals surface area contributed by atoms with Crippen LogP contribution in [-0.2, 0) is 0 Å². The molecule has 2 heterocycles. The summed E-state index contributed by atoms with van der Waals surface area (Å²) in [6, 6.07) is 44.3. The van der Waals surface area contributed by atoms with Gasteiger partial charge in [0.25, 0.3) is 0 Å². The van der Waals surface area contributed by atoms with Crippen molar-refractivity contribution in [2.24, 2.45) is 0 Å². The normalized spacial score (nSPS) is 11.1. The van der Waals surface area contributed by atoms with Crippen molar-refractivity contribution in [1.82, 2.24) is 19.9 Å². The number of hydrogen-bond acceptors (Lipinski definition) is 5. The Hall–Kier alpha value is -5.42. The molecule has 7 aromatic rings. The zero-order valence-corrected chi connectivity index (χ0v) is 20.9. The van der Waals surface area contributed by atoms with Gasteiger partial charge in [0, 0.05) is 22.3 Å². The fourth-order valence-electron chi connectivity index (χ4n) is 4.62. The Morgan fingerprint density at radius 3 is 1.49 bits per heavy atom. The van der Waals surface area contributed by atoms with Crippen molar-refractivity contribution in [1.29, 1.82) is 0 Å². The molecule has 2 aromatic heterocycles. The number of oxazole rings is 1. The molecule has 39 heavy (non-hydrogen) atoms. The zero-order chi connectivity index (χ0) is 26.0. The average molecular weight is 503 g/mol. The quantitative estimate of drug-likeness (QED) is 0.237. The van der Waals surface area contributed by atoms with Crippen LogP contribution in [0.4, 0.5) is 0 Å². The lowest BCUT2D eigenvalue weighted by Crippen LogP contribution is -2.00. The molecule has 184 valence electrons. The summed E-state index contributed by atoms with van der Waals surface area (Å²) in [6.45, 7) is 0.